The Morgan fingerprint density at radius 3 is 2.37 bits per heavy atom. The zero-order valence-corrected chi connectivity index (χ0v) is 20.1. The number of nitrogens with one attached hydrogen (secondary N) is 1. The lowest BCUT2D eigenvalue weighted by Gasteiger charge is -2.27. The summed E-state index contributed by atoms with van der Waals surface area (Å²) in [6.07, 6.45) is -2.62. The fourth-order valence-electron chi connectivity index (χ4n) is 4.30. The molecule has 2 fully saturated rings. The Morgan fingerprint density at radius 1 is 1.14 bits per heavy atom. The van der Waals surface area contributed by atoms with Crippen LogP contribution in [0.2, 0.25) is 0 Å². The number of carbonyl (C=O) groups is 2. The van der Waals surface area contributed by atoms with Gasteiger partial charge in [0.1, 0.15) is 11.4 Å². The topological polar surface area (TPSA) is 74.8 Å². The summed E-state index contributed by atoms with van der Waals surface area (Å²) in [5.41, 5.74) is -1.77. The minimum absolute atomic E-state index is 0.0111. The highest BCUT2D eigenvalue weighted by atomic mass is 19.4. The van der Waals surface area contributed by atoms with Gasteiger partial charge in [0.2, 0.25) is 0 Å². The number of amides is 3. The minimum atomic E-state index is -4.33. The molecule has 0 radical (unpaired) electrons. The Hall–Kier alpha value is -3.14. The highest BCUT2D eigenvalue weighted by molar-refractivity contribution is 6.22. The summed E-state index contributed by atoms with van der Waals surface area (Å²) in [6, 6.07) is 8.62. The predicted molar refractivity (Wildman–Crippen MR) is 125 cm³/mol. The molecule has 7 nitrogen and oxygen atoms in total. The van der Waals surface area contributed by atoms with Crippen molar-refractivity contribution in [2.24, 2.45) is 0 Å². The molecule has 1 N–H and O–H groups in total. The van der Waals surface area contributed by atoms with Gasteiger partial charge in [-0.25, -0.2) is 14.7 Å². The summed E-state index contributed by atoms with van der Waals surface area (Å²) in [7, 11) is 1.62. The van der Waals surface area contributed by atoms with Gasteiger partial charge in [-0.05, 0) is 69.0 Å². The second-order valence-corrected chi connectivity index (χ2v) is 9.67. The molecule has 1 saturated heterocycles. The number of rotatable bonds is 8. The van der Waals surface area contributed by atoms with Crippen molar-refractivity contribution < 1.29 is 27.5 Å². The highest BCUT2D eigenvalue weighted by Gasteiger charge is 2.64. The molecule has 0 spiro atoms. The zero-order chi connectivity index (χ0) is 25.6. The van der Waals surface area contributed by atoms with Crippen molar-refractivity contribution >= 4 is 23.4 Å². The molecule has 2 heterocycles. The van der Waals surface area contributed by atoms with Gasteiger partial charge in [0.15, 0.2) is 0 Å². The van der Waals surface area contributed by atoms with E-state index in [1.54, 1.807) is 39.3 Å². The molecule has 1 aliphatic heterocycles. The molecule has 1 atom stereocenters. The number of alkyl halides is 3. The molecule has 35 heavy (non-hydrogen) atoms. The van der Waals surface area contributed by atoms with Crippen molar-refractivity contribution in [3.63, 3.8) is 0 Å². The average Bonchev–Trinajstić information content (AvgIpc) is 3.61. The summed E-state index contributed by atoms with van der Waals surface area (Å²) in [6.45, 7) is 5.96. The van der Waals surface area contributed by atoms with Gasteiger partial charge in [-0.1, -0.05) is 12.1 Å². The van der Waals surface area contributed by atoms with Crippen molar-refractivity contribution in [3.05, 3.63) is 53.7 Å². The number of ether oxygens (including phenoxy) is 1. The normalized spacial score (nSPS) is 19.7. The van der Waals surface area contributed by atoms with Gasteiger partial charge >= 0.3 is 12.2 Å². The smallest absolute Gasteiger partial charge is 0.380 e. The van der Waals surface area contributed by atoms with Crippen LogP contribution in [-0.2, 0) is 21.5 Å². The van der Waals surface area contributed by atoms with Gasteiger partial charge in [0, 0.05) is 26.4 Å². The van der Waals surface area contributed by atoms with E-state index in [0.717, 1.165) is 10.5 Å². The number of pyridine rings is 1. The van der Waals surface area contributed by atoms with Crippen molar-refractivity contribution in [2.45, 2.75) is 63.4 Å². The van der Waals surface area contributed by atoms with Crippen LogP contribution < -0.4 is 10.2 Å². The molecule has 1 aromatic heterocycles. The van der Waals surface area contributed by atoms with Gasteiger partial charge in [0.25, 0.3) is 5.91 Å². The molecule has 1 aromatic carbocycles. The second kappa shape index (κ2) is 8.82. The van der Waals surface area contributed by atoms with E-state index in [2.05, 4.69) is 10.3 Å². The SMILES string of the molecule is COC(C)CNc1cc(CN2C(=O)N(c3ccc(C4(C(F)(F)F)CC4)cc3)C(=O)C2(C)C)ccn1. The number of benzene rings is 1. The van der Waals surface area contributed by atoms with E-state index in [1.165, 1.54) is 29.2 Å². The molecule has 2 aliphatic rings. The molecular weight excluding hydrogens is 461 g/mol. The summed E-state index contributed by atoms with van der Waals surface area (Å²) in [4.78, 5) is 33.3. The molecule has 1 aliphatic carbocycles. The summed E-state index contributed by atoms with van der Waals surface area (Å²) < 4.78 is 45.6. The van der Waals surface area contributed by atoms with E-state index >= 15 is 0 Å². The van der Waals surface area contributed by atoms with Crippen LogP contribution in [0.4, 0.5) is 29.5 Å². The average molecular weight is 491 g/mol. The number of methoxy groups -OCH3 is 1. The van der Waals surface area contributed by atoms with Crippen molar-refractivity contribution in [1.82, 2.24) is 9.88 Å². The fourth-order valence-corrected chi connectivity index (χ4v) is 4.30. The number of urea groups is 1. The number of aromatic nitrogens is 1. The van der Waals surface area contributed by atoms with Crippen molar-refractivity contribution in [3.8, 4) is 0 Å². The van der Waals surface area contributed by atoms with Crippen LogP contribution in [0.15, 0.2) is 42.6 Å². The lowest BCUT2D eigenvalue weighted by Crippen LogP contribution is -2.43. The van der Waals surface area contributed by atoms with E-state index in [9.17, 15) is 22.8 Å². The Morgan fingerprint density at radius 2 is 1.80 bits per heavy atom. The lowest BCUT2D eigenvalue weighted by molar-refractivity contribution is -0.160. The maximum Gasteiger partial charge on any atom is 0.398 e. The van der Waals surface area contributed by atoms with Crippen LogP contribution in [0.1, 0.15) is 44.7 Å². The predicted octanol–water partition coefficient (Wildman–Crippen LogP) is 4.87. The minimum Gasteiger partial charge on any atom is -0.380 e. The van der Waals surface area contributed by atoms with Crippen LogP contribution in [0.25, 0.3) is 0 Å². The Balaban J connectivity index is 1.53. The molecule has 188 valence electrons. The van der Waals surface area contributed by atoms with Crippen molar-refractivity contribution in [2.75, 3.05) is 23.9 Å². The standard InChI is InChI=1S/C25H29F3N4O3/c1-16(35-4)14-30-20-13-17(9-12-29-20)15-31-22(34)32(21(33)23(31,2)3)19-7-5-18(6-8-19)24(10-11-24)25(26,27)28/h5-9,12-13,16H,10-11,14-15H2,1-4H3,(H,29,30). The third-order valence-corrected chi connectivity index (χ3v) is 6.93. The maximum absolute atomic E-state index is 13.5. The van der Waals surface area contributed by atoms with E-state index in [1.807, 2.05) is 6.92 Å². The molecule has 10 heteroatoms. The maximum atomic E-state index is 13.5. The summed E-state index contributed by atoms with van der Waals surface area (Å²) in [5, 5.41) is 3.17. The number of nitrogens with zero attached hydrogens (tertiary/aromatic N) is 3. The van der Waals surface area contributed by atoms with Gasteiger partial charge in [-0.2, -0.15) is 13.2 Å². The van der Waals surface area contributed by atoms with Gasteiger partial charge in [-0.15, -0.1) is 0 Å². The van der Waals surface area contributed by atoms with E-state index in [-0.39, 0.29) is 36.7 Å². The van der Waals surface area contributed by atoms with Crippen LogP contribution in [0, 0.1) is 0 Å². The Labute approximate surface area is 202 Å². The van der Waals surface area contributed by atoms with Crippen LogP contribution in [0.3, 0.4) is 0 Å². The number of anilines is 2. The van der Waals surface area contributed by atoms with Gasteiger partial charge < -0.3 is 15.0 Å². The fraction of sp³-hybridized carbons (Fsp3) is 0.480. The first kappa shape index (κ1) is 25.0. The number of hydrogen-bond donors (Lipinski definition) is 1. The lowest BCUT2D eigenvalue weighted by atomic mass is 9.95. The van der Waals surface area contributed by atoms with E-state index in [4.69, 9.17) is 4.74 Å². The molecule has 1 unspecified atom stereocenters. The van der Waals surface area contributed by atoms with Crippen LogP contribution in [0.5, 0.6) is 0 Å². The molecular formula is C25H29F3N4O3. The second-order valence-electron chi connectivity index (χ2n) is 9.67. The molecule has 0 bridgehead atoms. The van der Waals surface area contributed by atoms with Crippen molar-refractivity contribution in [1.29, 1.82) is 0 Å². The summed E-state index contributed by atoms with van der Waals surface area (Å²) >= 11 is 0. The van der Waals surface area contributed by atoms with Crippen LogP contribution in [-0.4, -0.2) is 53.3 Å². The van der Waals surface area contributed by atoms with E-state index in [0.29, 0.717) is 12.4 Å². The molecule has 3 amide bonds. The Bertz CT molecular complexity index is 1110. The van der Waals surface area contributed by atoms with E-state index < -0.39 is 29.1 Å². The van der Waals surface area contributed by atoms with Gasteiger partial charge in [0.05, 0.1) is 17.2 Å². The monoisotopic (exact) mass is 490 g/mol. The quantitative estimate of drug-likeness (QED) is 0.535. The number of imide groups is 1. The Kier molecular flexibility index (Phi) is 6.29. The number of hydrogen-bond acceptors (Lipinski definition) is 5. The van der Waals surface area contributed by atoms with Crippen LogP contribution >= 0.6 is 0 Å². The first-order chi connectivity index (χ1) is 16.4. The third kappa shape index (κ3) is 4.47. The highest BCUT2D eigenvalue weighted by Crippen LogP contribution is 2.59. The molecule has 2 aromatic rings. The summed E-state index contributed by atoms with van der Waals surface area (Å²) in [5.74, 6) is 0.182. The molecule has 4 rings (SSSR count). The van der Waals surface area contributed by atoms with Gasteiger partial charge in [-0.3, -0.25) is 4.79 Å². The molecule has 1 saturated carbocycles. The zero-order valence-electron chi connectivity index (χ0n) is 20.1. The first-order valence-electron chi connectivity index (χ1n) is 11.5. The third-order valence-electron chi connectivity index (χ3n) is 6.93. The number of halogens is 3. The first-order valence-corrected chi connectivity index (χ1v) is 11.5. The number of carbonyl (C=O) groups excluding carboxylic acids is 2. The largest absolute Gasteiger partial charge is 0.398 e.